The van der Waals surface area contributed by atoms with Crippen molar-refractivity contribution in [1.29, 1.82) is 0 Å². The smallest absolute Gasteiger partial charge is 0.285 e. The van der Waals surface area contributed by atoms with Crippen molar-refractivity contribution in [1.82, 2.24) is 9.80 Å². The number of halogens is 1. The summed E-state index contributed by atoms with van der Waals surface area (Å²) in [5.74, 6) is -1.39. The number of hydrogen-bond acceptors (Lipinski definition) is 5. The van der Waals surface area contributed by atoms with Crippen LogP contribution in [0.25, 0.3) is 0 Å². The molecular weight excluding hydrogens is 279 g/mol. The molecule has 1 aliphatic heterocycles. The Kier molecular flexibility index (Phi) is 4.08. The summed E-state index contributed by atoms with van der Waals surface area (Å²) in [4.78, 5) is 26.3. The summed E-state index contributed by atoms with van der Waals surface area (Å²) in [5, 5.41) is 11.0. The molecule has 114 valence electrons. The Morgan fingerprint density at radius 3 is 2.71 bits per heavy atom. The van der Waals surface area contributed by atoms with Crippen molar-refractivity contribution in [3.63, 3.8) is 0 Å². The lowest BCUT2D eigenvalue weighted by atomic mass is 10.1. The molecule has 2 rings (SSSR count). The minimum atomic E-state index is -0.898. The highest BCUT2D eigenvalue weighted by atomic mass is 19.1. The SMILES string of the molecule is CC1CN(C(=O)c2cc(N)c(F)cc2[N+](=O)[O-])CCN1C. The first-order valence-corrected chi connectivity index (χ1v) is 6.54. The number of nitro groups is 1. The molecule has 1 aliphatic rings. The summed E-state index contributed by atoms with van der Waals surface area (Å²) in [6, 6.07) is 1.89. The number of piperazine rings is 1. The van der Waals surface area contributed by atoms with Gasteiger partial charge in [0.15, 0.2) is 5.82 Å². The van der Waals surface area contributed by atoms with Gasteiger partial charge in [-0.05, 0) is 20.0 Å². The van der Waals surface area contributed by atoms with Gasteiger partial charge in [0.2, 0.25) is 0 Å². The van der Waals surface area contributed by atoms with Crippen LogP contribution in [0, 0.1) is 15.9 Å². The number of nitro benzene ring substituents is 1. The Morgan fingerprint density at radius 1 is 1.48 bits per heavy atom. The third-order valence-corrected chi connectivity index (χ3v) is 3.79. The summed E-state index contributed by atoms with van der Waals surface area (Å²) >= 11 is 0. The molecule has 7 nitrogen and oxygen atoms in total. The normalized spacial score (nSPS) is 19.6. The highest BCUT2D eigenvalue weighted by Gasteiger charge is 2.30. The number of carbonyl (C=O) groups is 1. The number of benzene rings is 1. The fourth-order valence-corrected chi connectivity index (χ4v) is 2.31. The predicted octanol–water partition coefficient (Wildman–Crippen LogP) is 1.09. The summed E-state index contributed by atoms with van der Waals surface area (Å²) in [6.45, 7) is 3.57. The van der Waals surface area contributed by atoms with Crippen LogP contribution in [0.1, 0.15) is 17.3 Å². The van der Waals surface area contributed by atoms with Gasteiger partial charge in [-0.15, -0.1) is 0 Å². The molecule has 1 fully saturated rings. The number of anilines is 1. The van der Waals surface area contributed by atoms with Gasteiger partial charge in [-0.1, -0.05) is 0 Å². The second-order valence-electron chi connectivity index (χ2n) is 5.23. The molecule has 1 amide bonds. The quantitative estimate of drug-likeness (QED) is 0.501. The van der Waals surface area contributed by atoms with Gasteiger partial charge < -0.3 is 15.5 Å². The highest BCUT2D eigenvalue weighted by Crippen LogP contribution is 2.26. The van der Waals surface area contributed by atoms with Gasteiger partial charge in [-0.25, -0.2) is 4.39 Å². The number of likely N-dealkylation sites (N-methyl/N-ethyl adjacent to an activating group) is 1. The third-order valence-electron chi connectivity index (χ3n) is 3.79. The molecule has 1 unspecified atom stereocenters. The van der Waals surface area contributed by atoms with E-state index in [2.05, 4.69) is 4.90 Å². The van der Waals surface area contributed by atoms with Gasteiger partial charge in [-0.2, -0.15) is 0 Å². The Balaban J connectivity index is 2.35. The number of nitrogens with two attached hydrogens (primary N) is 1. The van der Waals surface area contributed by atoms with Gasteiger partial charge in [0, 0.05) is 25.7 Å². The molecule has 1 aromatic carbocycles. The van der Waals surface area contributed by atoms with E-state index in [0.717, 1.165) is 6.07 Å². The zero-order valence-electron chi connectivity index (χ0n) is 11.9. The maximum atomic E-state index is 13.4. The Hall–Kier alpha value is -2.22. The van der Waals surface area contributed by atoms with Crippen molar-refractivity contribution < 1.29 is 14.1 Å². The molecule has 8 heteroatoms. The molecule has 0 aliphatic carbocycles. The van der Waals surface area contributed by atoms with E-state index in [4.69, 9.17) is 5.73 Å². The highest BCUT2D eigenvalue weighted by molar-refractivity contribution is 5.99. The second-order valence-corrected chi connectivity index (χ2v) is 5.23. The number of hydrogen-bond donors (Lipinski definition) is 1. The van der Waals surface area contributed by atoms with E-state index in [0.29, 0.717) is 25.7 Å². The summed E-state index contributed by atoms with van der Waals surface area (Å²) in [6.07, 6.45) is 0. The van der Waals surface area contributed by atoms with Gasteiger partial charge in [0.1, 0.15) is 5.56 Å². The van der Waals surface area contributed by atoms with Gasteiger partial charge in [0.05, 0.1) is 16.7 Å². The molecule has 1 atom stereocenters. The molecule has 0 spiro atoms. The van der Waals surface area contributed by atoms with Crippen LogP contribution >= 0.6 is 0 Å². The van der Waals surface area contributed by atoms with E-state index < -0.39 is 22.3 Å². The zero-order valence-corrected chi connectivity index (χ0v) is 11.9. The van der Waals surface area contributed by atoms with Crippen LogP contribution in [-0.4, -0.2) is 53.4 Å². The number of rotatable bonds is 2. The lowest BCUT2D eigenvalue weighted by Crippen LogP contribution is -2.52. The van der Waals surface area contributed by atoms with Crippen molar-refractivity contribution >= 4 is 17.3 Å². The maximum Gasteiger partial charge on any atom is 0.285 e. The van der Waals surface area contributed by atoms with Crippen LogP contribution in [0.2, 0.25) is 0 Å². The standard InChI is InChI=1S/C13H17FN4O3/c1-8-7-17(4-3-16(8)2)13(19)9-5-11(15)10(14)6-12(9)18(20)21/h5-6,8H,3-4,7,15H2,1-2H3. The van der Waals surface area contributed by atoms with Crippen molar-refractivity contribution in [3.8, 4) is 0 Å². The zero-order chi connectivity index (χ0) is 15.7. The third kappa shape index (κ3) is 2.94. The molecular formula is C13H17FN4O3. The summed E-state index contributed by atoms with van der Waals surface area (Å²) < 4.78 is 13.4. The van der Waals surface area contributed by atoms with Crippen LogP contribution in [-0.2, 0) is 0 Å². The van der Waals surface area contributed by atoms with Crippen LogP contribution < -0.4 is 5.73 Å². The molecule has 21 heavy (non-hydrogen) atoms. The van der Waals surface area contributed by atoms with Gasteiger partial charge >= 0.3 is 0 Å². The molecule has 1 saturated heterocycles. The van der Waals surface area contributed by atoms with Gasteiger partial charge in [-0.3, -0.25) is 14.9 Å². The first kappa shape index (κ1) is 15.2. The molecule has 0 radical (unpaired) electrons. The van der Waals surface area contributed by atoms with Crippen molar-refractivity contribution in [3.05, 3.63) is 33.6 Å². The lowest BCUT2D eigenvalue weighted by Gasteiger charge is -2.37. The molecule has 2 N–H and O–H groups in total. The van der Waals surface area contributed by atoms with Crippen molar-refractivity contribution in [2.24, 2.45) is 0 Å². The fourth-order valence-electron chi connectivity index (χ4n) is 2.31. The summed E-state index contributed by atoms with van der Waals surface area (Å²) in [7, 11) is 1.95. The second kappa shape index (κ2) is 5.65. The Bertz CT molecular complexity index is 593. The van der Waals surface area contributed by atoms with E-state index in [-0.39, 0.29) is 17.3 Å². The average Bonchev–Trinajstić information content (AvgIpc) is 2.43. The van der Waals surface area contributed by atoms with E-state index in [1.807, 2.05) is 14.0 Å². The monoisotopic (exact) mass is 296 g/mol. The number of amides is 1. The molecule has 1 aromatic rings. The number of nitrogens with zero attached hydrogens (tertiary/aromatic N) is 3. The van der Waals surface area contributed by atoms with E-state index in [9.17, 15) is 19.3 Å². The van der Waals surface area contributed by atoms with Crippen LogP contribution in [0.3, 0.4) is 0 Å². The summed E-state index contributed by atoms with van der Waals surface area (Å²) in [5.41, 5.74) is 4.43. The largest absolute Gasteiger partial charge is 0.396 e. The predicted molar refractivity (Wildman–Crippen MR) is 75.5 cm³/mol. The van der Waals surface area contributed by atoms with Crippen LogP contribution in [0.15, 0.2) is 12.1 Å². The van der Waals surface area contributed by atoms with E-state index in [1.165, 1.54) is 4.90 Å². The topological polar surface area (TPSA) is 92.7 Å². The first-order chi connectivity index (χ1) is 9.81. The maximum absolute atomic E-state index is 13.4. The molecule has 0 bridgehead atoms. The van der Waals surface area contributed by atoms with Crippen molar-refractivity contribution in [2.75, 3.05) is 32.4 Å². The molecule has 1 heterocycles. The minimum Gasteiger partial charge on any atom is -0.396 e. The van der Waals surface area contributed by atoms with Gasteiger partial charge in [0.25, 0.3) is 11.6 Å². The van der Waals surface area contributed by atoms with Crippen molar-refractivity contribution in [2.45, 2.75) is 13.0 Å². The minimum absolute atomic E-state index is 0.152. The molecule has 0 saturated carbocycles. The number of carbonyl (C=O) groups excluding carboxylic acids is 1. The molecule has 0 aromatic heterocycles. The first-order valence-electron chi connectivity index (χ1n) is 6.54. The average molecular weight is 296 g/mol. The number of nitrogen functional groups attached to an aromatic ring is 1. The van der Waals surface area contributed by atoms with E-state index in [1.54, 1.807) is 0 Å². The Morgan fingerprint density at radius 2 is 2.14 bits per heavy atom. The lowest BCUT2D eigenvalue weighted by molar-refractivity contribution is -0.385. The fraction of sp³-hybridized carbons (Fsp3) is 0.462. The van der Waals surface area contributed by atoms with E-state index >= 15 is 0 Å². The Labute approximate surface area is 121 Å². The van der Waals surface area contributed by atoms with Crippen LogP contribution in [0.5, 0.6) is 0 Å². The van der Waals surface area contributed by atoms with Crippen LogP contribution in [0.4, 0.5) is 15.8 Å².